The maximum absolute atomic E-state index is 12.4. The van der Waals surface area contributed by atoms with Crippen molar-refractivity contribution in [2.75, 3.05) is 18.6 Å². The predicted octanol–water partition coefficient (Wildman–Crippen LogP) is 2.34. The van der Waals surface area contributed by atoms with Crippen molar-refractivity contribution in [2.45, 2.75) is 13.0 Å². The van der Waals surface area contributed by atoms with Crippen LogP contribution in [0.5, 0.6) is 0 Å². The maximum atomic E-state index is 12.4. The molecule has 24 heavy (non-hydrogen) atoms. The Bertz CT molecular complexity index is 691. The maximum Gasteiger partial charge on any atom is 0.341 e. The zero-order valence-electron chi connectivity index (χ0n) is 13.2. The number of hydrogen-bond donors (Lipinski definition) is 1. The third-order valence-corrected chi connectivity index (χ3v) is 4.14. The second-order valence-corrected chi connectivity index (χ2v) is 6.16. The first kappa shape index (κ1) is 17.9. The van der Waals surface area contributed by atoms with Gasteiger partial charge in [0.25, 0.3) is 5.69 Å². The Hall–Kier alpha value is -2.42. The molecule has 8 nitrogen and oxygen atoms in total. The van der Waals surface area contributed by atoms with Crippen LogP contribution < -0.4 is 5.32 Å². The molecule has 0 saturated heterocycles. The van der Waals surface area contributed by atoms with Gasteiger partial charge in [-0.1, -0.05) is 12.1 Å². The van der Waals surface area contributed by atoms with Crippen molar-refractivity contribution in [3.63, 3.8) is 0 Å². The molecule has 2 unspecified atom stereocenters. The van der Waals surface area contributed by atoms with Crippen LogP contribution >= 0.6 is 11.8 Å². The van der Waals surface area contributed by atoms with Crippen molar-refractivity contribution in [3.05, 3.63) is 39.9 Å². The third-order valence-electron chi connectivity index (χ3n) is 3.57. The minimum absolute atomic E-state index is 0.114. The minimum atomic E-state index is -0.813. The highest BCUT2D eigenvalue weighted by atomic mass is 32.2. The number of nitrogens with zero attached hydrogens (tertiary/aromatic N) is 2. The summed E-state index contributed by atoms with van der Waals surface area (Å²) in [6.07, 6.45) is 1.90. The van der Waals surface area contributed by atoms with E-state index in [4.69, 9.17) is 4.74 Å². The van der Waals surface area contributed by atoms with Crippen LogP contribution in [0.4, 0.5) is 10.5 Å². The highest BCUT2D eigenvalue weighted by Gasteiger charge is 2.38. The number of amides is 2. The molecule has 1 aliphatic heterocycles. The van der Waals surface area contributed by atoms with Crippen molar-refractivity contribution in [1.82, 2.24) is 5.32 Å². The van der Waals surface area contributed by atoms with Crippen molar-refractivity contribution in [2.24, 2.45) is 10.9 Å². The Balaban J connectivity index is 2.32. The molecule has 0 radical (unpaired) electrons. The number of urea groups is 1. The number of esters is 1. The SMILES string of the molecule is CSCCOC(=O)C1C(C)=NC(=O)NC1c1cccc([N+](=O)[O-])c1. The molecule has 1 aromatic rings. The van der Waals surface area contributed by atoms with Gasteiger partial charge in [0, 0.05) is 23.6 Å². The van der Waals surface area contributed by atoms with E-state index in [2.05, 4.69) is 10.3 Å². The Kier molecular flexibility index (Phi) is 5.91. The van der Waals surface area contributed by atoms with Gasteiger partial charge in [-0.25, -0.2) is 9.79 Å². The second-order valence-electron chi connectivity index (χ2n) is 5.17. The lowest BCUT2D eigenvalue weighted by Crippen LogP contribution is -2.44. The van der Waals surface area contributed by atoms with Gasteiger partial charge >= 0.3 is 12.0 Å². The standard InChI is InChI=1S/C15H17N3O5S/c1-9-12(14(19)23-6-7-24-2)13(17-15(20)16-9)10-4-3-5-11(8-10)18(21)22/h3-5,8,12-13H,6-7H2,1-2H3,(H,17,20). The monoisotopic (exact) mass is 351 g/mol. The van der Waals surface area contributed by atoms with E-state index < -0.39 is 28.9 Å². The lowest BCUT2D eigenvalue weighted by molar-refractivity contribution is -0.384. The number of rotatable bonds is 6. The molecule has 1 aliphatic rings. The summed E-state index contributed by atoms with van der Waals surface area (Å²) in [5, 5.41) is 13.6. The van der Waals surface area contributed by atoms with Gasteiger partial charge in [-0.3, -0.25) is 14.9 Å². The molecule has 2 atom stereocenters. The summed E-state index contributed by atoms with van der Waals surface area (Å²) in [7, 11) is 0. The van der Waals surface area contributed by atoms with Crippen molar-refractivity contribution < 1.29 is 19.2 Å². The molecule has 0 aliphatic carbocycles. The topological polar surface area (TPSA) is 111 Å². The van der Waals surface area contributed by atoms with Gasteiger partial charge in [0.15, 0.2) is 0 Å². The number of nitro groups is 1. The van der Waals surface area contributed by atoms with E-state index in [1.54, 1.807) is 24.8 Å². The van der Waals surface area contributed by atoms with Gasteiger partial charge in [0.1, 0.15) is 12.5 Å². The lowest BCUT2D eigenvalue weighted by Gasteiger charge is -2.29. The minimum Gasteiger partial charge on any atom is -0.464 e. The van der Waals surface area contributed by atoms with E-state index in [1.807, 2.05) is 6.26 Å². The van der Waals surface area contributed by atoms with Crippen molar-refractivity contribution >= 4 is 35.2 Å². The summed E-state index contributed by atoms with van der Waals surface area (Å²) in [5.74, 6) is -0.670. The summed E-state index contributed by atoms with van der Waals surface area (Å²) in [4.78, 5) is 38.3. The molecular formula is C15H17N3O5S. The lowest BCUT2D eigenvalue weighted by atomic mass is 9.88. The normalized spacial score (nSPS) is 20.1. The molecule has 0 spiro atoms. The van der Waals surface area contributed by atoms with Crippen LogP contribution in [-0.2, 0) is 9.53 Å². The van der Waals surface area contributed by atoms with Gasteiger partial charge < -0.3 is 10.1 Å². The van der Waals surface area contributed by atoms with E-state index in [0.29, 0.717) is 17.0 Å². The van der Waals surface area contributed by atoms with Crippen LogP contribution in [0.25, 0.3) is 0 Å². The van der Waals surface area contributed by atoms with Crippen molar-refractivity contribution in [1.29, 1.82) is 0 Å². The molecule has 128 valence electrons. The number of hydrogen-bond acceptors (Lipinski definition) is 6. The molecule has 0 aromatic heterocycles. The highest BCUT2D eigenvalue weighted by molar-refractivity contribution is 7.98. The van der Waals surface area contributed by atoms with Crippen LogP contribution in [0.15, 0.2) is 29.3 Å². The van der Waals surface area contributed by atoms with Gasteiger partial charge in [0.2, 0.25) is 0 Å². The summed E-state index contributed by atoms with van der Waals surface area (Å²) in [6, 6.07) is 4.48. The second kappa shape index (κ2) is 7.91. The van der Waals surface area contributed by atoms with E-state index in [0.717, 1.165) is 0 Å². The highest BCUT2D eigenvalue weighted by Crippen LogP contribution is 2.30. The Labute approximate surface area is 142 Å². The van der Waals surface area contributed by atoms with Crippen LogP contribution in [0.3, 0.4) is 0 Å². The number of ether oxygens (including phenoxy) is 1. The quantitative estimate of drug-likeness (QED) is 0.364. The molecule has 1 aromatic carbocycles. The van der Waals surface area contributed by atoms with E-state index in [1.165, 1.54) is 18.2 Å². The van der Waals surface area contributed by atoms with Gasteiger partial charge in [-0.05, 0) is 18.7 Å². The molecule has 0 bridgehead atoms. The Morgan fingerprint density at radius 2 is 2.25 bits per heavy atom. The molecule has 1 N–H and O–H groups in total. The first-order chi connectivity index (χ1) is 11.4. The molecule has 2 rings (SSSR count). The number of aliphatic imine (C=N–C) groups is 1. The Morgan fingerprint density at radius 1 is 1.50 bits per heavy atom. The summed E-state index contributed by atoms with van der Waals surface area (Å²) >= 11 is 1.54. The number of nitrogens with one attached hydrogen (secondary N) is 1. The summed E-state index contributed by atoms with van der Waals surface area (Å²) < 4.78 is 5.23. The number of thioether (sulfide) groups is 1. The molecule has 9 heteroatoms. The summed E-state index contributed by atoms with van der Waals surface area (Å²) in [5.41, 5.74) is 0.666. The number of non-ortho nitro benzene ring substituents is 1. The fraction of sp³-hybridized carbons (Fsp3) is 0.400. The van der Waals surface area contributed by atoms with Crippen LogP contribution in [0.2, 0.25) is 0 Å². The largest absolute Gasteiger partial charge is 0.464 e. The van der Waals surface area contributed by atoms with Crippen LogP contribution in [0, 0.1) is 16.0 Å². The van der Waals surface area contributed by atoms with Crippen LogP contribution in [0.1, 0.15) is 18.5 Å². The number of benzene rings is 1. The fourth-order valence-corrected chi connectivity index (χ4v) is 2.70. The first-order valence-corrected chi connectivity index (χ1v) is 8.59. The zero-order chi connectivity index (χ0) is 17.7. The van der Waals surface area contributed by atoms with Crippen LogP contribution in [-0.4, -0.2) is 41.3 Å². The zero-order valence-corrected chi connectivity index (χ0v) is 14.0. The van der Waals surface area contributed by atoms with Gasteiger partial charge in [-0.2, -0.15) is 11.8 Å². The molecule has 1 heterocycles. The molecular weight excluding hydrogens is 334 g/mol. The van der Waals surface area contributed by atoms with E-state index >= 15 is 0 Å². The number of carbonyl (C=O) groups excluding carboxylic acids is 2. The van der Waals surface area contributed by atoms with Crippen molar-refractivity contribution in [3.8, 4) is 0 Å². The first-order valence-electron chi connectivity index (χ1n) is 7.19. The molecule has 2 amide bonds. The van der Waals surface area contributed by atoms with E-state index in [-0.39, 0.29) is 12.3 Å². The molecule has 0 saturated carbocycles. The number of nitro benzene ring substituents is 1. The average Bonchev–Trinajstić information content (AvgIpc) is 2.54. The van der Waals surface area contributed by atoms with E-state index in [9.17, 15) is 19.7 Å². The fourth-order valence-electron chi connectivity index (χ4n) is 2.45. The number of carbonyl (C=O) groups is 2. The Morgan fingerprint density at radius 3 is 2.92 bits per heavy atom. The average molecular weight is 351 g/mol. The van der Waals surface area contributed by atoms with Gasteiger partial charge in [0.05, 0.1) is 11.0 Å². The summed E-state index contributed by atoms with van der Waals surface area (Å²) in [6.45, 7) is 1.82. The third kappa shape index (κ3) is 4.10. The predicted molar refractivity (Wildman–Crippen MR) is 90.3 cm³/mol. The smallest absolute Gasteiger partial charge is 0.341 e. The molecule has 0 fully saturated rings. The van der Waals surface area contributed by atoms with Gasteiger partial charge in [-0.15, -0.1) is 0 Å².